The molecule has 0 saturated heterocycles. The van der Waals surface area contributed by atoms with Gasteiger partial charge in [0.2, 0.25) is 0 Å². The predicted molar refractivity (Wildman–Crippen MR) is 16.7 cm³/mol. The molecule has 0 aromatic rings. The van der Waals surface area contributed by atoms with Gasteiger partial charge in [0.05, 0.1) is 6.54 Å². The van der Waals surface area contributed by atoms with Gasteiger partial charge in [-0.2, -0.15) is 0 Å². The van der Waals surface area contributed by atoms with E-state index >= 15 is 0 Å². The van der Waals surface area contributed by atoms with Gasteiger partial charge in [-0.15, -0.1) is 0 Å². The number of hydrogen-bond acceptors (Lipinski definition) is 2. The Labute approximate surface area is 51.0 Å². The van der Waals surface area contributed by atoms with Crippen molar-refractivity contribution in [3.05, 3.63) is 0 Å². The number of rotatable bonds is 1. The summed E-state index contributed by atoms with van der Waals surface area (Å²) in [5.74, 6) is -0.968. The van der Waals surface area contributed by atoms with Gasteiger partial charge in [-0.05, 0) is 0 Å². The standard InChI is InChI=1S/C2H5NO2.Au/c3-1-2(4)5;/h1,3H2,(H,4,5);. The van der Waals surface area contributed by atoms with Crippen molar-refractivity contribution in [3.8, 4) is 0 Å². The van der Waals surface area contributed by atoms with Crippen LogP contribution < -0.4 is 5.73 Å². The summed E-state index contributed by atoms with van der Waals surface area (Å²) in [6.07, 6.45) is 0. The Morgan fingerprint density at radius 2 is 2.00 bits per heavy atom. The first kappa shape index (κ1) is 9.48. The van der Waals surface area contributed by atoms with Crippen molar-refractivity contribution in [2.45, 2.75) is 0 Å². The van der Waals surface area contributed by atoms with Crippen LogP contribution in [0.25, 0.3) is 0 Å². The van der Waals surface area contributed by atoms with Crippen LogP contribution in [0.2, 0.25) is 0 Å². The van der Waals surface area contributed by atoms with Gasteiger partial charge in [-0.1, -0.05) is 0 Å². The molecule has 0 aliphatic rings. The molecule has 41 valence electrons. The van der Waals surface area contributed by atoms with Crippen molar-refractivity contribution in [3.63, 3.8) is 0 Å². The molecule has 0 aromatic heterocycles. The first-order valence-corrected chi connectivity index (χ1v) is 1.19. The fraction of sp³-hybridized carbons (Fsp3) is 0.500. The second kappa shape index (κ2) is 5.17. The average Bonchev–Trinajstić information content (AvgIpc) is 1.38. The van der Waals surface area contributed by atoms with Crippen LogP contribution in [0.4, 0.5) is 0 Å². The smallest absolute Gasteiger partial charge is 0.317 e. The van der Waals surface area contributed by atoms with Gasteiger partial charge >= 0.3 is 5.97 Å². The normalized spacial score (nSPS) is 6.17. The molecule has 4 heteroatoms. The maximum absolute atomic E-state index is 9.24. The average molecular weight is 272 g/mol. The zero-order chi connectivity index (χ0) is 4.28. The molecule has 0 unspecified atom stereocenters. The van der Waals surface area contributed by atoms with E-state index in [1.165, 1.54) is 0 Å². The predicted octanol–water partition coefficient (Wildman–Crippen LogP) is -0.973. The van der Waals surface area contributed by atoms with E-state index in [2.05, 4.69) is 5.73 Å². The molecular formula is C2H5AuNO2. The molecule has 0 fully saturated rings. The van der Waals surface area contributed by atoms with Gasteiger partial charge in [-0.25, -0.2) is 0 Å². The fourth-order valence-electron chi connectivity index (χ4n) is 0. The molecule has 3 N–H and O–H groups in total. The Morgan fingerprint density at radius 1 is 1.83 bits per heavy atom. The number of aliphatic carboxylic acids is 1. The molecule has 0 rings (SSSR count). The summed E-state index contributed by atoms with van der Waals surface area (Å²) in [5.41, 5.74) is 4.57. The SMILES string of the molecule is NCC(=O)O.[Au]. The van der Waals surface area contributed by atoms with Crippen LogP contribution in [0.3, 0.4) is 0 Å². The van der Waals surface area contributed by atoms with E-state index in [0.717, 1.165) is 0 Å². The van der Waals surface area contributed by atoms with Crippen molar-refractivity contribution in [1.82, 2.24) is 0 Å². The van der Waals surface area contributed by atoms with Gasteiger partial charge < -0.3 is 10.8 Å². The zero-order valence-corrected chi connectivity index (χ0v) is 5.11. The third kappa shape index (κ3) is 8.90. The molecule has 0 aliphatic heterocycles. The van der Waals surface area contributed by atoms with Crippen molar-refractivity contribution in [1.29, 1.82) is 0 Å². The number of carboxylic acid groups (broad SMARTS) is 1. The summed E-state index contributed by atoms with van der Waals surface area (Å²) in [6.45, 7) is -0.278. The molecular weight excluding hydrogens is 267 g/mol. The van der Waals surface area contributed by atoms with E-state index in [1.807, 2.05) is 0 Å². The summed E-state index contributed by atoms with van der Waals surface area (Å²) < 4.78 is 0. The maximum atomic E-state index is 9.24. The Balaban J connectivity index is 0. The Hall–Kier alpha value is 0.170. The van der Waals surface area contributed by atoms with Crippen molar-refractivity contribution < 1.29 is 32.3 Å². The molecule has 3 nitrogen and oxygen atoms in total. The molecule has 0 bridgehead atoms. The van der Waals surface area contributed by atoms with E-state index in [-0.39, 0.29) is 28.9 Å². The Morgan fingerprint density at radius 3 is 2.00 bits per heavy atom. The van der Waals surface area contributed by atoms with Crippen LogP contribution in [0, 0.1) is 0 Å². The molecule has 0 amide bonds. The number of carboxylic acids is 1. The summed E-state index contributed by atoms with van der Waals surface area (Å²) in [4.78, 5) is 9.24. The quantitative estimate of drug-likeness (QED) is 0.603. The minimum atomic E-state index is -0.968. The van der Waals surface area contributed by atoms with Gasteiger partial charge in [0.1, 0.15) is 0 Å². The topological polar surface area (TPSA) is 63.3 Å². The van der Waals surface area contributed by atoms with Crippen molar-refractivity contribution in [2.75, 3.05) is 6.54 Å². The molecule has 0 aliphatic carbocycles. The van der Waals surface area contributed by atoms with E-state index in [9.17, 15) is 4.79 Å². The van der Waals surface area contributed by atoms with Crippen LogP contribution in [-0.4, -0.2) is 17.6 Å². The van der Waals surface area contributed by atoms with Crippen molar-refractivity contribution in [2.24, 2.45) is 5.73 Å². The first-order chi connectivity index (χ1) is 2.27. The third-order valence-electron chi connectivity index (χ3n) is 0.175. The van der Waals surface area contributed by atoms with Crippen molar-refractivity contribution >= 4 is 5.97 Å². The van der Waals surface area contributed by atoms with Crippen LogP contribution in [0.1, 0.15) is 0 Å². The van der Waals surface area contributed by atoms with E-state index in [0.29, 0.717) is 0 Å². The minimum absolute atomic E-state index is 0. The fourth-order valence-corrected chi connectivity index (χ4v) is 0. The molecule has 0 spiro atoms. The third-order valence-corrected chi connectivity index (χ3v) is 0.175. The van der Waals surface area contributed by atoms with Gasteiger partial charge in [0.25, 0.3) is 0 Å². The summed E-state index contributed by atoms with van der Waals surface area (Å²) in [5, 5.41) is 7.60. The van der Waals surface area contributed by atoms with Gasteiger partial charge in [0, 0.05) is 22.4 Å². The largest absolute Gasteiger partial charge is 0.480 e. The zero-order valence-electron chi connectivity index (χ0n) is 2.94. The van der Waals surface area contributed by atoms with E-state index in [4.69, 9.17) is 5.11 Å². The first-order valence-electron chi connectivity index (χ1n) is 1.19. The monoisotopic (exact) mass is 272 g/mol. The van der Waals surface area contributed by atoms with Gasteiger partial charge in [0.15, 0.2) is 0 Å². The second-order valence-electron chi connectivity index (χ2n) is 0.598. The number of hydrogen-bond donors (Lipinski definition) is 2. The molecule has 0 aromatic carbocycles. The summed E-state index contributed by atoms with van der Waals surface area (Å²) in [7, 11) is 0. The maximum Gasteiger partial charge on any atom is 0.317 e. The van der Waals surface area contributed by atoms with Crippen LogP contribution in [0.15, 0.2) is 0 Å². The minimum Gasteiger partial charge on any atom is -0.480 e. The molecule has 0 atom stereocenters. The Kier molecular flexibility index (Phi) is 8.17. The molecule has 1 radical (unpaired) electrons. The van der Waals surface area contributed by atoms with Crippen LogP contribution in [-0.2, 0) is 27.2 Å². The van der Waals surface area contributed by atoms with E-state index in [1.54, 1.807) is 0 Å². The van der Waals surface area contributed by atoms with Crippen LogP contribution in [0.5, 0.6) is 0 Å². The Bertz CT molecular complexity index is 46.8. The molecule has 0 heterocycles. The number of carbonyl (C=O) groups is 1. The van der Waals surface area contributed by atoms with Crippen LogP contribution >= 0.6 is 0 Å². The molecule has 0 saturated carbocycles. The summed E-state index contributed by atoms with van der Waals surface area (Å²) in [6, 6.07) is 0. The number of nitrogens with two attached hydrogens (primary N) is 1. The van der Waals surface area contributed by atoms with E-state index < -0.39 is 5.97 Å². The summed E-state index contributed by atoms with van der Waals surface area (Å²) >= 11 is 0. The van der Waals surface area contributed by atoms with Gasteiger partial charge in [-0.3, -0.25) is 4.79 Å². The second-order valence-corrected chi connectivity index (χ2v) is 0.598. The molecule has 6 heavy (non-hydrogen) atoms.